The summed E-state index contributed by atoms with van der Waals surface area (Å²) in [5.41, 5.74) is -6.67. The Labute approximate surface area is 90.6 Å². The molecule has 0 rings (SSSR count). The van der Waals surface area contributed by atoms with E-state index >= 15 is 0 Å². The number of nitro groups is 1. The summed E-state index contributed by atoms with van der Waals surface area (Å²) < 4.78 is 97.7. The molecule has 18 heavy (non-hydrogen) atoms. The smallest absolute Gasteiger partial charge is 0.322 e. The monoisotopic (exact) mass is 292 g/mol. The Balaban J connectivity index is 6.30. The Hall–Kier alpha value is -1.76. The van der Waals surface area contributed by atoms with Crippen LogP contribution in [0.3, 0.4) is 0 Å². The van der Waals surface area contributed by atoms with Gasteiger partial charge in [0, 0.05) is 0 Å². The van der Waals surface area contributed by atoms with Gasteiger partial charge >= 0.3 is 24.0 Å². The van der Waals surface area contributed by atoms with Crippen molar-refractivity contribution < 1.29 is 44.9 Å². The maximum atomic E-state index is 12.6. The second kappa shape index (κ2) is 4.16. The summed E-state index contributed by atoms with van der Waals surface area (Å²) in [6.07, 6.45) is -14.0. The van der Waals surface area contributed by atoms with Gasteiger partial charge in [0.15, 0.2) is 5.34 Å². The lowest BCUT2D eigenvalue weighted by Gasteiger charge is -2.33. The summed E-state index contributed by atoms with van der Waals surface area (Å²) in [4.78, 5) is 18.0. The minimum absolute atomic E-state index is 0.615. The average molecular weight is 292 g/mol. The highest BCUT2D eigenvalue weighted by atomic mass is 19.4. The molecule has 0 heterocycles. The lowest BCUT2D eigenvalue weighted by atomic mass is 10.00. The number of rotatable bonds is 4. The van der Waals surface area contributed by atoms with Crippen LogP contribution in [-0.4, -0.2) is 28.9 Å². The molecule has 0 aliphatic carbocycles. The summed E-state index contributed by atoms with van der Waals surface area (Å²) >= 11 is 0. The van der Waals surface area contributed by atoms with Crippen LogP contribution in [0, 0.1) is 15.0 Å². The molecule has 0 atom stereocenters. The van der Waals surface area contributed by atoms with Gasteiger partial charge in [0.25, 0.3) is 0 Å². The second-order valence-corrected chi connectivity index (χ2v) is 2.64. The first-order chi connectivity index (χ1) is 7.75. The Morgan fingerprint density at radius 3 is 1.44 bits per heavy atom. The van der Waals surface area contributed by atoms with Crippen LogP contribution in [0.5, 0.6) is 0 Å². The summed E-state index contributed by atoms with van der Waals surface area (Å²) in [5.74, 6) is 0. The fraction of sp³-hybridized carbons (Fsp3) is 1.00. The summed E-state index contributed by atoms with van der Waals surface area (Å²) in [5, 5.41) is 10.3. The molecular weight excluding hydrogens is 292 g/mol. The molecule has 0 spiro atoms. The minimum atomic E-state index is -7.02. The lowest BCUT2D eigenvalue weighted by Crippen LogP contribution is -2.70. The fourth-order valence-electron chi connectivity index (χ4n) is 0.845. The van der Waals surface area contributed by atoms with Crippen molar-refractivity contribution in [3.05, 3.63) is 15.0 Å². The van der Waals surface area contributed by atoms with Crippen LogP contribution in [0.15, 0.2) is 5.34 Å². The zero-order valence-corrected chi connectivity index (χ0v) is 7.55. The first kappa shape index (κ1) is 16.2. The predicted molar refractivity (Wildman–Crippen MR) is 33.7 cm³/mol. The van der Waals surface area contributed by atoms with E-state index in [0.717, 1.165) is 0 Å². The minimum Gasteiger partial charge on any atom is -0.322 e. The van der Waals surface area contributed by atoms with Crippen molar-refractivity contribution >= 4 is 0 Å². The number of alkyl halides is 8. The van der Waals surface area contributed by atoms with Crippen LogP contribution in [0.25, 0.3) is 0 Å². The van der Waals surface area contributed by atoms with Gasteiger partial charge in [-0.2, -0.15) is 26.3 Å². The number of hydrogen-bond donors (Lipinski definition) is 0. The molecule has 6 nitrogen and oxygen atoms in total. The Morgan fingerprint density at radius 1 is 0.944 bits per heavy atom. The zero-order chi connectivity index (χ0) is 15.0. The lowest BCUT2D eigenvalue weighted by molar-refractivity contribution is -0.696. The van der Waals surface area contributed by atoms with Gasteiger partial charge < -0.3 is 4.84 Å². The molecule has 0 saturated carbocycles. The fourth-order valence-corrected chi connectivity index (χ4v) is 0.845. The van der Waals surface area contributed by atoms with Gasteiger partial charge in [0.1, 0.15) is 4.92 Å². The predicted octanol–water partition coefficient (Wildman–Crippen LogP) is 2.42. The van der Waals surface area contributed by atoms with E-state index in [1.54, 1.807) is 0 Å². The number of nitrogens with zero attached hydrogens (tertiary/aromatic N) is 2. The molecule has 0 radical (unpaired) electrons. The van der Waals surface area contributed by atoms with Crippen LogP contribution in [0.1, 0.15) is 0 Å². The molecule has 14 heteroatoms. The van der Waals surface area contributed by atoms with Crippen molar-refractivity contribution in [2.75, 3.05) is 0 Å². The number of hydrogen-bond acceptors (Lipinski definition) is 5. The molecule has 0 unspecified atom stereocenters. The Morgan fingerprint density at radius 2 is 1.28 bits per heavy atom. The molecule has 0 aromatic carbocycles. The molecular formula is C4F8N2O4. The maximum absolute atomic E-state index is 12.6. The van der Waals surface area contributed by atoms with Crippen LogP contribution in [0.2, 0.25) is 0 Å². The van der Waals surface area contributed by atoms with E-state index in [9.17, 15) is 50.1 Å². The van der Waals surface area contributed by atoms with E-state index in [0.29, 0.717) is 5.34 Å². The van der Waals surface area contributed by atoms with Crippen LogP contribution < -0.4 is 0 Å². The van der Waals surface area contributed by atoms with E-state index in [4.69, 9.17) is 0 Å². The molecule has 106 valence electrons. The first-order valence-corrected chi connectivity index (χ1v) is 3.42. The van der Waals surface area contributed by atoms with Crippen molar-refractivity contribution in [1.82, 2.24) is 0 Å². The maximum Gasteiger partial charge on any atom is 0.573 e. The highest BCUT2D eigenvalue weighted by molar-refractivity contribution is 5.02. The third kappa shape index (κ3) is 2.01. The molecule has 0 aliphatic rings. The van der Waals surface area contributed by atoms with E-state index < -0.39 is 28.9 Å². The first-order valence-electron chi connectivity index (χ1n) is 3.42. The summed E-state index contributed by atoms with van der Waals surface area (Å²) in [6, 6.07) is -6.71. The van der Waals surface area contributed by atoms with Gasteiger partial charge in [0.2, 0.25) is 0 Å². The van der Waals surface area contributed by atoms with E-state index in [1.807, 2.05) is 0 Å². The third-order valence-corrected chi connectivity index (χ3v) is 1.63. The molecule has 0 saturated heterocycles. The molecule has 0 fully saturated rings. The van der Waals surface area contributed by atoms with Crippen molar-refractivity contribution in [3.8, 4) is 0 Å². The SMILES string of the molecule is O=NOC(C(F)(F)F)(C(F)(F)F)C(F)(F)[N+](=O)[O-]. The van der Waals surface area contributed by atoms with Gasteiger partial charge in [-0.05, 0) is 0 Å². The van der Waals surface area contributed by atoms with E-state index in [2.05, 4.69) is 4.84 Å². The quantitative estimate of drug-likeness (QED) is 0.262. The zero-order valence-electron chi connectivity index (χ0n) is 7.55. The topological polar surface area (TPSA) is 81.8 Å². The molecule has 0 aromatic heterocycles. The highest BCUT2D eigenvalue weighted by Gasteiger charge is 2.93. The normalized spacial score (nSPS) is 14.2. The van der Waals surface area contributed by atoms with Gasteiger partial charge in [-0.15, -0.1) is 13.7 Å². The second-order valence-electron chi connectivity index (χ2n) is 2.64. The highest BCUT2D eigenvalue weighted by Crippen LogP contribution is 2.54. The number of halogens is 8. The molecule has 0 amide bonds. The van der Waals surface area contributed by atoms with Crippen LogP contribution in [-0.2, 0) is 4.84 Å². The van der Waals surface area contributed by atoms with Crippen molar-refractivity contribution in [2.24, 2.45) is 5.34 Å². The average Bonchev–Trinajstić information content (AvgIpc) is 2.08. The van der Waals surface area contributed by atoms with Gasteiger partial charge in [-0.3, -0.25) is 10.1 Å². The Bertz CT molecular complexity index is 334. The molecule has 0 aliphatic heterocycles. The largest absolute Gasteiger partial charge is 0.573 e. The van der Waals surface area contributed by atoms with Crippen molar-refractivity contribution in [3.63, 3.8) is 0 Å². The van der Waals surface area contributed by atoms with Crippen LogP contribution >= 0.6 is 0 Å². The summed E-state index contributed by atoms with van der Waals surface area (Å²) in [6.45, 7) is 0. The summed E-state index contributed by atoms with van der Waals surface area (Å²) in [7, 11) is 0. The van der Waals surface area contributed by atoms with Crippen LogP contribution in [0.4, 0.5) is 35.1 Å². The van der Waals surface area contributed by atoms with Crippen molar-refractivity contribution in [1.29, 1.82) is 0 Å². The molecule has 0 bridgehead atoms. The van der Waals surface area contributed by atoms with E-state index in [1.165, 1.54) is 0 Å². The van der Waals surface area contributed by atoms with Crippen molar-refractivity contribution in [2.45, 2.75) is 24.0 Å². The third-order valence-electron chi connectivity index (χ3n) is 1.63. The molecule has 0 aromatic rings. The van der Waals surface area contributed by atoms with E-state index in [-0.39, 0.29) is 0 Å². The standard InChI is InChI=1S/C4F8N2O4/c5-2(6,7)1(18-13-15,3(8,9)10)4(11,12)14(16)17. The van der Waals surface area contributed by atoms with Gasteiger partial charge in [0.05, 0.1) is 0 Å². The van der Waals surface area contributed by atoms with Gasteiger partial charge in [-0.25, -0.2) is 0 Å². The van der Waals surface area contributed by atoms with Gasteiger partial charge in [-0.1, -0.05) is 0 Å². The molecule has 0 N–H and O–H groups in total. The Kier molecular flexibility index (Phi) is 3.76.